The van der Waals surface area contributed by atoms with Crippen molar-refractivity contribution in [1.82, 2.24) is 10.3 Å². The smallest absolute Gasteiger partial charge is 0.0357 e. The van der Waals surface area contributed by atoms with Crippen molar-refractivity contribution in [3.8, 4) is 0 Å². The quantitative estimate of drug-likeness (QED) is 0.509. The lowest BCUT2D eigenvalue weighted by molar-refractivity contribution is 0.718. The van der Waals surface area contributed by atoms with Gasteiger partial charge in [0.05, 0.1) is 0 Å². The van der Waals surface area contributed by atoms with Crippen LogP contribution in [0.2, 0.25) is 0 Å². The third-order valence-corrected chi connectivity index (χ3v) is 6.14. The highest BCUT2D eigenvalue weighted by Gasteiger charge is 2.12. The first-order valence-electron chi connectivity index (χ1n) is 7.64. The van der Waals surface area contributed by atoms with E-state index in [1.165, 1.54) is 16.3 Å². The Morgan fingerprint density at radius 2 is 1.41 bits per heavy atom. The van der Waals surface area contributed by atoms with Crippen LogP contribution in [0.25, 0.3) is 0 Å². The van der Waals surface area contributed by atoms with Gasteiger partial charge in [-0.15, -0.1) is 0 Å². The Hall–Kier alpha value is -1.89. The lowest BCUT2D eigenvalue weighted by Crippen LogP contribution is -2.22. The summed E-state index contributed by atoms with van der Waals surface area (Å²) in [5.74, 6) is 0. The molecule has 0 aliphatic carbocycles. The molecule has 0 saturated heterocycles. The van der Waals surface area contributed by atoms with Crippen molar-refractivity contribution in [2.75, 3.05) is 12.7 Å². The Bertz CT molecular complexity index is 611. The fraction of sp³-hybridized carbons (Fsp3) is 0.158. The van der Waals surface area contributed by atoms with Crippen molar-refractivity contribution in [3.63, 3.8) is 0 Å². The van der Waals surface area contributed by atoms with Gasteiger partial charge in [-0.1, -0.05) is 60.7 Å². The van der Waals surface area contributed by atoms with E-state index in [0.717, 1.165) is 19.3 Å². The second-order valence-electron chi connectivity index (χ2n) is 5.19. The SMILES string of the molecule is c1ccc(P(CCNCc2ccc[nH]2)c2ccccc2)cc1. The highest BCUT2D eigenvalue weighted by Crippen LogP contribution is 2.32. The van der Waals surface area contributed by atoms with Crippen LogP contribution in [-0.4, -0.2) is 17.7 Å². The van der Waals surface area contributed by atoms with Gasteiger partial charge in [-0.25, -0.2) is 0 Å². The number of nitrogens with one attached hydrogen (secondary N) is 2. The van der Waals surface area contributed by atoms with Gasteiger partial charge in [0.15, 0.2) is 0 Å². The molecule has 1 aromatic heterocycles. The summed E-state index contributed by atoms with van der Waals surface area (Å²) in [7, 11) is -0.293. The topological polar surface area (TPSA) is 27.8 Å². The molecule has 0 spiro atoms. The highest BCUT2D eigenvalue weighted by atomic mass is 31.1. The van der Waals surface area contributed by atoms with E-state index in [4.69, 9.17) is 0 Å². The Balaban J connectivity index is 1.64. The molecule has 2 N–H and O–H groups in total. The number of rotatable bonds is 7. The maximum Gasteiger partial charge on any atom is 0.0357 e. The van der Waals surface area contributed by atoms with Crippen molar-refractivity contribution < 1.29 is 0 Å². The molecule has 0 radical (unpaired) electrons. The minimum atomic E-state index is -0.293. The van der Waals surface area contributed by atoms with Gasteiger partial charge in [0, 0.05) is 25.0 Å². The molecule has 0 fully saturated rings. The molecule has 1 heterocycles. The Morgan fingerprint density at radius 3 is 1.95 bits per heavy atom. The van der Waals surface area contributed by atoms with Gasteiger partial charge in [-0.3, -0.25) is 0 Å². The second-order valence-corrected chi connectivity index (χ2v) is 7.53. The van der Waals surface area contributed by atoms with E-state index in [9.17, 15) is 0 Å². The van der Waals surface area contributed by atoms with E-state index in [0.29, 0.717) is 0 Å². The van der Waals surface area contributed by atoms with Gasteiger partial charge in [-0.05, 0) is 36.8 Å². The predicted molar refractivity (Wildman–Crippen MR) is 96.4 cm³/mol. The molecule has 2 aromatic carbocycles. The van der Waals surface area contributed by atoms with Crippen LogP contribution >= 0.6 is 7.92 Å². The molecular formula is C19H21N2P. The van der Waals surface area contributed by atoms with Gasteiger partial charge in [0.1, 0.15) is 0 Å². The summed E-state index contributed by atoms with van der Waals surface area (Å²) in [5.41, 5.74) is 1.24. The molecule has 3 aromatic rings. The van der Waals surface area contributed by atoms with Crippen LogP contribution in [0, 0.1) is 0 Å². The molecule has 112 valence electrons. The van der Waals surface area contributed by atoms with E-state index < -0.39 is 0 Å². The van der Waals surface area contributed by atoms with Crippen LogP contribution in [0.4, 0.5) is 0 Å². The number of hydrogen-bond acceptors (Lipinski definition) is 1. The van der Waals surface area contributed by atoms with Gasteiger partial charge < -0.3 is 10.3 Å². The monoisotopic (exact) mass is 308 g/mol. The molecular weight excluding hydrogens is 287 g/mol. The summed E-state index contributed by atoms with van der Waals surface area (Å²) in [6, 6.07) is 25.9. The predicted octanol–water partition coefficient (Wildman–Crippen LogP) is 3.24. The van der Waals surface area contributed by atoms with Crippen LogP contribution in [0.1, 0.15) is 5.69 Å². The van der Waals surface area contributed by atoms with E-state index in [2.05, 4.69) is 77.0 Å². The number of H-pyrrole nitrogens is 1. The Kier molecular flexibility index (Phi) is 5.42. The van der Waals surface area contributed by atoms with Crippen LogP contribution in [0.5, 0.6) is 0 Å². The molecule has 0 aliphatic rings. The number of hydrogen-bond donors (Lipinski definition) is 2. The fourth-order valence-electron chi connectivity index (χ4n) is 2.51. The number of aromatic nitrogens is 1. The minimum Gasteiger partial charge on any atom is -0.364 e. The van der Waals surface area contributed by atoms with Crippen molar-refractivity contribution in [2.45, 2.75) is 6.54 Å². The lowest BCUT2D eigenvalue weighted by atomic mass is 10.4. The first-order chi connectivity index (χ1) is 10.9. The van der Waals surface area contributed by atoms with Crippen LogP contribution < -0.4 is 15.9 Å². The van der Waals surface area contributed by atoms with Gasteiger partial charge in [0.2, 0.25) is 0 Å². The summed E-state index contributed by atoms with van der Waals surface area (Å²) in [6.45, 7) is 1.92. The van der Waals surface area contributed by atoms with E-state index in [1.54, 1.807) is 0 Å². The molecule has 0 atom stereocenters. The first kappa shape index (κ1) is 15.0. The van der Waals surface area contributed by atoms with Gasteiger partial charge in [0.25, 0.3) is 0 Å². The first-order valence-corrected chi connectivity index (χ1v) is 9.17. The van der Waals surface area contributed by atoms with Gasteiger partial charge >= 0.3 is 0 Å². The molecule has 0 saturated carbocycles. The Labute approximate surface area is 133 Å². The maximum atomic E-state index is 3.54. The Morgan fingerprint density at radius 1 is 0.773 bits per heavy atom. The average molecular weight is 308 g/mol. The van der Waals surface area contributed by atoms with Crippen LogP contribution in [0.15, 0.2) is 79.0 Å². The summed E-state index contributed by atoms with van der Waals surface area (Å²) in [4.78, 5) is 3.23. The van der Waals surface area contributed by atoms with E-state index in [1.807, 2.05) is 12.3 Å². The summed E-state index contributed by atoms with van der Waals surface area (Å²) >= 11 is 0. The molecule has 3 rings (SSSR count). The number of aromatic amines is 1. The highest BCUT2D eigenvalue weighted by molar-refractivity contribution is 7.73. The summed E-state index contributed by atoms with van der Waals surface area (Å²) < 4.78 is 0. The summed E-state index contributed by atoms with van der Waals surface area (Å²) in [5, 5.41) is 6.44. The van der Waals surface area contributed by atoms with E-state index in [-0.39, 0.29) is 7.92 Å². The maximum absolute atomic E-state index is 3.54. The minimum absolute atomic E-state index is 0.293. The van der Waals surface area contributed by atoms with Gasteiger partial charge in [-0.2, -0.15) is 0 Å². The van der Waals surface area contributed by atoms with Crippen molar-refractivity contribution >= 4 is 18.5 Å². The molecule has 0 bridgehead atoms. The second kappa shape index (κ2) is 7.93. The van der Waals surface area contributed by atoms with Crippen molar-refractivity contribution in [1.29, 1.82) is 0 Å². The lowest BCUT2D eigenvalue weighted by Gasteiger charge is -2.19. The zero-order valence-corrected chi connectivity index (χ0v) is 13.5. The normalized spacial score (nSPS) is 11.0. The number of benzene rings is 2. The van der Waals surface area contributed by atoms with Crippen LogP contribution in [0.3, 0.4) is 0 Å². The largest absolute Gasteiger partial charge is 0.364 e. The van der Waals surface area contributed by atoms with Crippen molar-refractivity contribution in [2.24, 2.45) is 0 Å². The molecule has 0 amide bonds. The molecule has 2 nitrogen and oxygen atoms in total. The molecule has 3 heteroatoms. The third kappa shape index (κ3) is 4.07. The molecule has 0 aliphatic heterocycles. The molecule has 22 heavy (non-hydrogen) atoms. The summed E-state index contributed by atoms with van der Waals surface area (Å²) in [6.07, 6.45) is 3.13. The fourth-order valence-corrected chi connectivity index (χ4v) is 4.77. The zero-order chi connectivity index (χ0) is 15.0. The molecule has 0 unspecified atom stereocenters. The standard InChI is InChI=1S/C19H21N2P/c1-3-9-18(10-4-1)22(19-11-5-2-6-12-19)15-14-20-16-17-8-7-13-21-17/h1-13,20-21H,14-16H2. The van der Waals surface area contributed by atoms with E-state index >= 15 is 0 Å². The third-order valence-electron chi connectivity index (χ3n) is 3.63. The average Bonchev–Trinajstić information content (AvgIpc) is 3.10. The zero-order valence-electron chi connectivity index (χ0n) is 12.6. The van der Waals surface area contributed by atoms with Crippen molar-refractivity contribution in [3.05, 3.63) is 84.7 Å². The van der Waals surface area contributed by atoms with Crippen LogP contribution in [-0.2, 0) is 6.54 Å².